The van der Waals surface area contributed by atoms with E-state index in [-0.39, 0.29) is 0 Å². The highest BCUT2D eigenvalue weighted by Gasteiger charge is 2.11. The molecule has 0 saturated carbocycles. The van der Waals surface area contributed by atoms with Gasteiger partial charge in [-0.1, -0.05) is 19.6 Å². The van der Waals surface area contributed by atoms with Gasteiger partial charge in [0.2, 0.25) is 0 Å². The molecule has 0 aliphatic carbocycles. The summed E-state index contributed by atoms with van der Waals surface area (Å²) >= 11 is 0. The van der Waals surface area contributed by atoms with Gasteiger partial charge in [-0.05, 0) is 6.04 Å². The van der Waals surface area contributed by atoms with E-state index in [1.807, 2.05) is 5.48 Å². The first kappa shape index (κ1) is 9.65. The van der Waals surface area contributed by atoms with Crippen molar-refractivity contribution in [3.8, 4) is 0 Å². The maximum absolute atomic E-state index is 9.58. The Balaban J connectivity index is 3.12. The fraction of sp³-hybridized carbons (Fsp3) is 0.833. The topological polar surface area (TPSA) is 38.3 Å². The molecule has 0 aliphatic heterocycles. The van der Waals surface area contributed by atoms with Crippen LogP contribution in [0.2, 0.25) is 25.7 Å². The van der Waals surface area contributed by atoms with Gasteiger partial charge in [0.25, 0.3) is 0 Å². The Labute approximate surface area is 62.7 Å². The lowest BCUT2D eigenvalue weighted by molar-refractivity contribution is 0.0937. The van der Waals surface area contributed by atoms with Gasteiger partial charge in [0.05, 0.1) is 6.61 Å². The highest BCUT2D eigenvalue weighted by Crippen LogP contribution is 2.06. The molecule has 0 spiro atoms. The SMILES string of the molecule is C[Si](C)(C)CCON[C]=O. The standard InChI is InChI=1S/C6H14NO2Si/c1-10(2,3)5-4-9-7-6-8/h4-5H2,1-3H3,(H,7,8). The van der Waals surface area contributed by atoms with Crippen molar-refractivity contribution in [2.45, 2.75) is 25.7 Å². The molecule has 0 rings (SSSR count). The van der Waals surface area contributed by atoms with Crippen LogP contribution in [0.3, 0.4) is 0 Å². The molecule has 0 heterocycles. The van der Waals surface area contributed by atoms with Crippen molar-refractivity contribution in [1.29, 1.82) is 0 Å². The summed E-state index contributed by atoms with van der Waals surface area (Å²) in [5, 5.41) is 0. The Morgan fingerprint density at radius 3 is 2.50 bits per heavy atom. The number of hydrogen-bond donors (Lipinski definition) is 1. The summed E-state index contributed by atoms with van der Waals surface area (Å²) in [6.07, 6.45) is 1.45. The van der Waals surface area contributed by atoms with E-state index in [9.17, 15) is 4.79 Å². The minimum absolute atomic E-state index is 0.602. The molecular formula is C6H14NO2Si. The van der Waals surface area contributed by atoms with E-state index in [4.69, 9.17) is 4.84 Å². The fourth-order valence-corrected chi connectivity index (χ4v) is 1.15. The highest BCUT2D eigenvalue weighted by atomic mass is 28.3. The molecule has 4 heteroatoms. The molecule has 3 nitrogen and oxygen atoms in total. The van der Waals surface area contributed by atoms with Crippen molar-refractivity contribution in [1.82, 2.24) is 5.48 Å². The molecule has 0 aliphatic rings. The van der Waals surface area contributed by atoms with Crippen LogP contribution in [0.4, 0.5) is 0 Å². The van der Waals surface area contributed by atoms with Crippen molar-refractivity contribution in [3.63, 3.8) is 0 Å². The maximum Gasteiger partial charge on any atom is 0.335 e. The quantitative estimate of drug-likeness (QED) is 0.281. The Hall–Kier alpha value is -0.353. The van der Waals surface area contributed by atoms with Gasteiger partial charge in [-0.3, -0.25) is 9.63 Å². The van der Waals surface area contributed by atoms with Crippen molar-refractivity contribution in [2.24, 2.45) is 0 Å². The molecule has 10 heavy (non-hydrogen) atoms. The molecule has 1 amide bonds. The first-order chi connectivity index (χ1) is 4.56. The van der Waals surface area contributed by atoms with Crippen LogP contribution >= 0.6 is 0 Å². The van der Waals surface area contributed by atoms with Crippen LogP contribution in [0.25, 0.3) is 0 Å². The van der Waals surface area contributed by atoms with Gasteiger partial charge in [-0.2, -0.15) is 0 Å². The number of carbonyl (C=O) groups excluding carboxylic acids is 1. The lowest BCUT2D eigenvalue weighted by Gasteiger charge is -2.13. The third-order valence-electron chi connectivity index (χ3n) is 1.07. The summed E-state index contributed by atoms with van der Waals surface area (Å²) in [6, 6.07) is 1.06. The third-order valence-corrected chi connectivity index (χ3v) is 2.77. The normalized spacial score (nSPS) is 11.1. The Morgan fingerprint density at radius 1 is 1.50 bits per heavy atom. The van der Waals surface area contributed by atoms with E-state index in [0.717, 1.165) is 6.04 Å². The van der Waals surface area contributed by atoms with Gasteiger partial charge < -0.3 is 0 Å². The summed E-state index contributed by atoms with van der Waals surface area (Å²) in [5.41, 5.74) is 2.04. The molecule has 0 aromatic carbocycles. The summed E-state index contributed by atoms with van der Waals surface area (Å²) in [7, 11) is -1.00. The van der Waals surface area contributed by atoms with Gasteiger partial charge in [-0.15, -0.1) is 0 Å². The van der Waals surface area contributed by atoms with Crippen molar-refractivity contribution in [2.75, 3.05) is 6.61 Å². The smallest absolute Gasteiger partial charge is 0.274 e. The van der Waals surface area contributed by atoms with Crippen molar-refractivity contribution < 1.29 is 9.63 Å². The molecule has 0 aromatic rings. The molecule has 0 unspecified atom stereocenters. The number of hydroxylamine groups is 1. The van der Waals surface area contributed by atoms with Gasteiger partial charge >= 0.3 is 6.41 Å². The largest absolute Gasteiger partial charge is 0.335 e. The summed E-state index contributed by atoms with van der Waals surface area (Å²) in [6.45, 7) is 7.36. The average Bonchev–Trinajstić information content (AvgIpc) is 1.78. The zero-order valence-corrected chi connectivity index (χ0v) is 7.73. The monoisotopic (exact) mass is 160 g/mol. The zero-order valence-electron chi connectivity index (χ0n) is 6.73. The van der Waals surface area contributed by atoms with Gasteiger partial charge in [-0.25, -0.2) is 5.48 Å². The third kappa shape index (κ3) is 7.65. The minimum atomic E-state index is -1.00. The minimum Gasteiger partial charge on any atom is -0.274 e. The number of amides is 1. The summed E-state index contributed by atoms with van der Waals surface area (Å²) in [4.78, 5) is 14.3. The average molecular weight is 160 g/mol. The molecule has 1 radical (unpaired) electrons. The number of nitrogens with one attached hydrogen (secondary N) is 1. The van der Waals surface area contributed by atoms with Crippen LogP contribution < -0.4 is 5.48 Å². The van der Waals surface area contributed by atoms with Crippen LogP contribution in [0.5, 0.6) is 0 Å². The number of rotatable bonds is 5. The Kier molecular flexibility index (Phi) is 4.30. The lowest BCUT2D eigenvalue weighted by Crippen LogP contribution is -2.24. The summed E-state index contributed by atoms with van der Waals surface area (Å²) < 4.78 is 0. The first-order valence-electron chi connectivity index (χ1n) is 3.30. The molecule has 1 N–H and O–H groups in total. The second kappa shape index (κ2) is 4.46. The molecule has 0 atom stereocenters. The Bertz CT molecular complexity index is 100. The van der Waals surface area contributed by atoms with Gasteiger partial charge in [0, 0.05) is 8.07 Å². The van der Waals surface area contributed by atoms with Crippen LogP contribution in [0.15, 0.2) is 0 Å². The maximum atomic E-state index is 9.58. The van der Waals surface area contributed by atoms with E-state index in [1.54, 1.807) is 0 Å². The molecule has 59 valence electrons. The van der Waals surface area contributed by atoms with E-state index in [1.165, 1.54) is 6.41 Å². The van der Waals surface area contributed by atoms with Crippen LogP contribution in [0.1, 0.15) is 0 Å². The predicted octanol–water partition coefficient (Wildman–Crippen LogP) is 0.913. The molecule has 0 saturated heterocycles. The van der Waals surface area contributed by atoms with Gasteiger partial charge in [0.15, 0.2) is 0 Å². The molecular weight excluding hydrogens is 146 g/mol. The van der Waals surface area contributed by atoms with Crippen LogP contribution in [0, 0.1) is 0 Å². The Morgan fingerprint density at radius 2 is 2.10 bits per heavy atom. The lowest BCUT2D eigenvalue weighted by atomic mass is 10.9. The fourth-order valence-electron chi connectivity index (χ4n) is 0.438. The highest BCUT2D eigenvalue weighted by molar-refractivity contribution is 6.76. The van der Waals surface area contributed by atoms with E-state index < -0.39 is 8.07 Å². The zero-order chi connectivity index (χ0) is 8.04. The van der Waals surface area contributed by atoms with Crippen LogP contribution in [-0.4, -0.2) is 21.1 Å². The molecule has 0 fully saturated rings. The first-order valence-corrected chi connectivity index (χ1v) is 7.01. The van der Waals surface area contributed by atoms with E-state index in [2.05, 4.69) is 19.6 Å². The summed E-state index contributed by atoms with van der Waals surface area (Å²) in [5.74, 6) is 0. The molecule has 0 bridgehead atoms. The van der Waals surface area contributed by atoms with E-state index >= 15 is 0 Å². The van der Waals surface area contributed by atoms with Crippen LogP contribution in [-0.2, 0) is 9.63 Å². The van der Waals surface area contributed by atoms with Crippen molar-refractivity contribution in [3.05, 3.63) is 0 Å². The molecule has 0 aromatic heterocycles. The van der Waals surface area contributed by atoms with Crippen molar-refractivity contribution >= 4 is 14.5 Å². The van der Waals surface area contributed by atoms with E-state index in [0.29, 0.717) is 6.61 Å². The van der Waals surface area contributed by atoms with Gasteiger partial charge in [0.1, 0.15) is 0 Å². The number of hydrogen-bond acceptors (Lipinski definition) is 2. The second-order valence-electron chi connectivity index (χ2n) is 3.36. The second-order valence-corrected chi connectivity index (χ2v) is 8.98. The predicted molar refractivity (Wildman–Crippen MR) is 42.9 cm³/mol.